The van der Waals surface area contributed by atoms with Gasteiger partial charge < -0.3 is 10.1 Å². The van der Waals surface area contributed by atoms with Crippen LogP contribution >= 0.6 is 11.6 Å². The number of halogens is 1. The van der Waals surface area contributed by atoms with Crippen LogP contribution in [-0.4, -0.2) is 46.1 Å². The number of rotatable bonds is 8. The van der Waals surface area contributed by atoms with Gasteiger partial charge in [0.2, 0.25) is 10.0 Å². The molecule has 2 heterocycles. The van der Waals surface area contributed by atoms with E-state index in [2.05, 4.69) is 9.97 Å². The summed E-state index contributed by atoms with van der Waals surface area (Å²) in [7, 11) is -3.81. The third-order valence-electron chi connectivity index (χ3n) is 5.18. The van der Waals surface area contributed by atoms with Crippen molar-refractivity contribution >= 4 is 27.6 Å². The van der Waals surface area contributed by atoms with Crippen LogP contribution in [0.1, 0.15) is 49.8 Å². The van der Waals surface area contributed by atoms with Crippen molar-refractivity contribution in [1.29, 1.82) is 0 Å². The number of nitrogens with one attached hydrogen (secondary N) is 1. The Bertz CT molecular complexity index is 1080. The first kappa shape index (κ1) is 22.5. The number of fused-ring (bicyclic) bond motifs is 1. The van der Waals surface area contributed by atoms with Crippen LogP contribution in [0, 0.1) is 0 Å². The number of carboxylic acids is 1. The van der Waals surface area contributed by atoms with Gasteiger partial charge in [0.1, 0.15) is 5.82 Å². The third-order valence-corrected chi connectivity index (χ3v) is 7.22. The highest BCUT2D eigenvalue weighted by atomic mass is 35.5. The highest BCUT2D eigenvalue weighted by molar-refractivity contribution is 7.89. The molecule has 1 aromatic heterocycles. The Morgan fingerprint density at radius 2 is 2.03 bits per heavy atom. The van der Waals surface area contributed by atoms with Crippen molar-refractivity contribution in [3.63, 3.8) is 0 Å². The Hall–Kier alpha value is -2.23. The van der Waals surface area contributed by atoms with E-state index in [-0.39, 0.29) is 24.6 Å². The minimum Gasteiger partial charge on any atom is -0.481 e. The zero-order valence-electron chi connectivity index (χ0n) is 16.6. The molecule has 10 heteroatoms. The van der Waals surface area contributed by atoms with Crippen molar-refractivity contribution in [3.05, 3.63) is 50.9 Å². The highest BCUT2D eigenvalue weighted by Crippen LogP contribution is 2.32. The summed E-state index contributed by atoms with van der Waals surface area (Å²) in [5.41, 5.74) is 1.26. The summed E-state index contributed by atoms with van der Waals surface area (Å²) in [6.45, 7) is 2.12. The summed E-state index contributed by atoms with van der Waals surface area (Å²) in [6, 6.07) is 6.95. The molecule has 2 N–H and O–H groups in total. The molecule has 162 valence electrons. The van der Waals surface area contributed by atoms with E-state index in [9.17, 15) is 18.0 Å². The number of aliphatic carboxylic acids is 1. The van der Waals surface area contributed by atoms with E-state index in [4.69, 9.17) is 16.7 Å². The molecule has 0 saturated carbocycles. The van der Waals surface area contributed by atoms with E-state index in [1.54, 1.807) is 24.3 Å². The van der Waals surface area contributed by atoms with Crippen LogP contribution in [0.2, 0.25) is 5.02 Å². The van der Waals surface area contributed by atoms with Crippen molar-refractivity contribution in [2.45, 2.75) is 45.1 Å². The molecule has 8 nitrogen and oxygen atoms in total. The van der Waals surface area contributed by atoms with Gasteiger partial charge in [0.25, 0.3) is 5.56 Å². The first-order valence-corrected chi connectivity index (χ1v) is 11.8. The van der Waals surface area contributed by atoms with Gasteiger partial charge in [-0.1, -0.05) is 31.4 Å². The number of hydrogen-bond acceptors (Lipinski definition) is 5. The number of aromatic amines is 1. The van der Waals surface area contributed by atoms with Gasteiger partial charge in [0.05, 0.1) is 23.4 Å². The van der Waals surface area contributed by atoms with Gasteiger partial charge in [0.15, 0.2) is 0 Å². The maximum absolute atomic E-state index is 12.8. The van der Waals surface area contributed by atoms with Gasteiger partial charge in [-0.05, 0) is 30.7 Å². The topological polar surface area (TPSA) is 120 Å². The zero-order chi connectivity index (χ0) is 21.9. The van der Waals surface area contributed by atoms with Crippen molar-refractivity contribution < 1.29 is 18.3 Å². The fourth-order valence-electron chi connectivity index (χ4n) is 3.56. The fraction of sp³-hybridized carbons (Fsp3) is 0.450. The van der Waals surface area contributed by atoms with E-state index in [1.165, 1.54) is 4.31 Å². The lowest BCUT2D eigenvalue weighted by Gasteiger charge is -2.33. The zero-order valence-corrected chi connectivity index (χ0v) is 18.2. The molecule has 0 fully saturated rings. The van der Waals surface area contributed by atoms with Crippen molar-refractivity contribution in [3.8, 4) is 11.4 Å². The van der Waals surface area contributed by atoms with Crippen LogP contribution < -0.4 is 5.56 Å². The summed E-state index contributed by atoms with van der Waals surface area (Å²) in [4.78, 5) is 31.1. The van der Waals surface area contributed by atoms with Crippen LogP contribution in [0.5, 0.6) is 0 Å². The van der Waals surface area contributed by atoms with Crippen molar-refractivity contribution in [1.82, 2.24) is 14.3 Å². The molecule has 0 amide bonds. The predicted octanol–water partition coefficient (Wildman–Crippen LogP) is 2.98. The Labute approximate surface area is 180 Å². The average Bonchev–Trinajstić information content (AvgIpc) is 2.71. The maximum atomic E-state index is 12.8. The summed E-state index contributed by atoms with van der Waals surface area (Å²) in [6.07, 6.45) is 1.99. The minimum absolute atomic E-state index is 0.108. The SMILES string of the molecule is CCCCC1CN(S(=O)(=O)CCC(=O)O)Cc2c1nc(-c1ccc(Cl)cc1)[nH]c2=O. The number of carboxylic acid groups (broad SMARTS) is 1. The first-order valence-electron chi connectivity index (χ1n) is 9.80. The lowest BCUT2D eigenvalue weighted by atomic mass is 9.92. The second-order valence-corrected chi connectivity index (χ2v) is 9.90. The standard InChI is InChI=1S/C20H24ClN3O5S/c1-2-3-4-14-11-24(30(28,29)10-9-17(25)26)12-16-18(14)22-19(23-20(16)27)13-5-7-15(21)8-6-13/h5-8,14H,2-4,9-12H2,1H3,(H,25,26)(H,22,23,27). The molecule has 1 aliphatic rings. The Kier molecular flexibility index (Phi) is 6.95. The van der Waals surface area contributed by atoms with Gasteiger partial charge in [0, 0.05) is 29.6 Å². The van der Waals surface area contributed by atoms with Gasteiger partial charge >= 0.3 is 5.97 Å². The number of unbranched alkanes of at least 4 members (excludes halogenated alkanes) is 1. The monoisotopic (exact) mass is 453 g/mol. The number of H-pyrrole nitrogens is 1. The Morgan fingerprint density at radius 3 is 2.67 bits per heavy atom. The molecular formula is C20H24ClN3O5S. The number of aromatic nitrogens is 2. The van der Waals surface area contributed by atoms with E-state index in [0.717, 1.165) is 12.8 Å². The summed E-state index contributed by atoms with van der Waals surface area (Å²) in [5, 5.41) is 9.42. The van der Waals surface area contributed by atoms with Crippen LogP contribution in [0.25, 0.3) is 11.4 Å². The molecule has 1 aromatic carbocycles. The second-order valence-electron chi connectivity index (χ2n) is 7.38. The molecule has 1 atom stereocenters. The number of nitrogens with zero attached hydrogens (tertiary/aromatic N) is 2. The average molecular weight is 454 g/mol. The normalized spacial score (nSPS) is 16.9. The van der Waals surface area contributed by atoms with Crippen LogP contribution in [0.4, 0.5) is 0 Å². The predicted molar refractivity (Wildman–Crippen MR) is 114 cm³/mol. The summed E-state index contributed by atoms with van der Waals surface area (Å²) in [5.74, 6) is -1.49. The summed E-state index contributed by atoms with van der Waals surface area (Å²) >= 11 is 5.94. The number of hydrogen-bond donors (Lipinski definition) is 2. The smallest absolute Gasteiger partial charge is 0.304 e. The van der Waals surface area contributed by atoms with Gasteiger partial charge in [-0.25, -0.2) is 13.4 Å². The molecule has 30 heavy (non-hydrogen) atoms. The van der Waals surface area contributed by atoms with Gasteiger partial charge in [-0.3, -0.25) is 9.59 Å². The maximum Gasteiger partial charge on any atom is 0.304 e. The largest absolute Gasteiger partial charge is 0.481 e. The Balaban J connectivity index is 2.00. The number of benzene rings is 1. The lowest BCUT2D eigenvalue weighted by Crippen LogP contribution is -2.43. The van der Waals surface area contributed by atoms with E-state index >= 15 is 0 Å². The quantitative estimate of drug-likeness (QED) is 0.633. The van der Waals surface area contributed by atoms with Gasteiger partial charge in [-0.15, -0.1) is 0 Å². The molecule has 0 aliphatic carbocycles. The number of sulfonamides is 1. The van der Waals surface area contributed by atoms with Crippen molar-refractivity contribution in [2.24, 2.45) is 0 Å². The molecule has 2 aromatic rings. The van der Waals surface area contributed by atoms with Crippen molar-refractivity contribution in [2.75, 3.05) is 12.3 Å². The molecule has 3 rings (SSSR count). The summed E-state index contributed by atoms with van der Waals surface area (Å²) < 4.78 is 26.6. The van der Waals surface area contributed by atoms with Crippen LogP contribution in [0.3, 0.4) is 0 Å². The molecule has 0 spiro atoms. The molecule has 0 bridgehead atoms. The first-order chi connectivity index (χ1) is 14.2. The number of carbonyl (C=O) groups is 1. The van der Waals surface area contributed by atoms with Gasteiger partial charge in [-0.2, -0.15) is 4.31 Å². The lowest BCUT2D eigenvalue weighted by molar-refractivity contribution is -0.136. The minimum atomic E-state index is -3.81. The third kappa shape index (κ3) is 5.08. The van der Waals surface area contributed by atoms with E-state index < -0.39 is 28.2 Å². The molecule has 1 aliphatic heterocycles. The highest BCUT2D eigenvalue weighted by Gasteiger charge is 2.35. The van der Waals surface area contributed by atoms with E-state index in [0.29, 0.717) is 34.1 Å². The van der Waals surface area contributed by atoms with E-state index in [1.807, 2.05) is 6.92 Å². The molecule has 0 radical (unpaired) electrons. The van der Waals surface area contributed by atoms with Crippen LogP contribution in [-0.2, 0) is 21.4 Å². The second kappa shape index (κ2) is 9.28. The molecular weight excluding hydrogens is 430 g/mol. The Morgan fingerprint density at radius 1 is 1.33 bits per heavy atom. The van der Waals surface area contributed by atoms with Crippen LogP contribution in [0.15, 0.2) is 29.1 Å². The molecule has 1 unspecified atom stereocenters. The fourth-order valence-corrected chi connectivity index (χ4v) is 5.11. The molecule has 0 saturated heterocycles.